The molecule has 0 aromatic rings. The van der Waals surface area contributed by atoms with Gasteiger partial charge in [-0.25, -0.2) is 0 Å². The molecule has 2 aliphatic rings. The number of hydrogen-bond donors (Lipinski definition) is 1. The Labute approximate surface area is 107 Å². The average Bonchev–Trinajstić information content (AvgIpc) is 2.64. The van der Waals surface area contributed by atoms with Crippen molar-refractivity contribution in [3.8, 4) is 0 Å². The Morgan fingerprint density at radius 1 is 1.18 bits per heavy atom. The van der Waals surface area contributed by atoms with Crippen molar-refractivity contribution in [3.05, 3.63) is 0 Å². The van der Waals surface area contributed by atoms with Gasteiger partial charge in [0, 0.05) is 6.61 Å². The van der Waals surface area contributed by atoms with E-state index < -0.39 is 0 Å². The van der Waals surface area contributed by atoms with Gasteiger partial charge in [0.2, 0.25) is 0 Å². The topological polar surface area (TPSA) is 20.2 Å². The van der Waals surface area contributed by atoms with E-state index in [1.807, 2.05) is 0 Å². The molecule has 2 aliphatic carbocycles. The van der Waals surface area contributed by atoms with Gasteiger partial charge >= 0.3 is 0 Å². The molecular formula is C16H30O. The highest BCUT2D eigenvalue weighted by atomic mass is 16.3. The third-order valence-electron chi connectivity index (χ3n) is 6.08. The fraction of sp³-hybridized carbons (Fsp3) is 1.00. The Balaban J connectivity index is 2.19. The van der Waals surface area contributed by atoms with Crippen molar-refractivity contribution in [3.63, 3.8) is 0 Å². The van der Waals surface area contributed by atoms with Gasteiger partial charge in [-0.15, -0.1) is 0 Å². The molecule has 1 N–H and O–H groups in total. The highest BCUT2D eigenvalue weighted by molar-refractivity contribution is 5.01. The van der Waals surface area contributed by atoms with E-state index in [0.29, 0.717) is 17.9 Å². The van der Waals surface area contributed by atoms with Gasteiger partial charge in [0.1, 0.15) is 0 Å². The third kappa shape index (κ3) is 2.16. The molecule has 2 fully saturated rings. The van der Waals surface area contributed by atoms with Crippen molar-refractivity contribution in [2.24, 2.45) is 35.0 Å². The van der Waals surface area contributed by atoms with Crippen LogP contribution in [0.2, 0.25) is 0 Å². The lowest BCUT2D eigenvalue weighted by Gasteiger charge is -2.48. The van der Waals surface area contributed by atoms with E-state index in [2.05, 4.69) is 27.7 Å². The summed E-state index contributed by atoms with van der Waals surface area (Å²) in [6, 6.07) is 0. The van der Waals surface area contributed by atoms with Crippen LogP contribution in [-0.4, -0.2) is 11.7 Å². The van der Waals surface area contributed by atoms with E-state index in [1.54, 1.807) is 0 Å². The summed E-state index contributed by atoms with van der Waals surface area (Å²) in [7, 11) is 0. The van der Waals surface area contributed by atoms with E-state index in [-0.39, 0.29) is 0 Å². The predicted octanol–water partition coefficient (Wildman–Crippen LogP) is 4.10. The smallest absolute Gasteiger partial charge is 0.0459 e. The second-order valence-electron chi connectivity index (χ2n) is 7.26. The van der Waals surface area contributed by atoms with Crippen LogP contribution in [0.4, 0.5) is 0 Å². The van der Waals surface area contributed by atoms with Crippen LogP contribution in [0.5, 0.6) is 0 Å². The van der Waals surface area contributed by atoms with Crippen LogP contribution in [0.15, 0.2) is 0 Å². The molecule has 2 saturated carbocycles. The zero-order chi connectivity index (χ0) is 12.6. The molecule has 0 aromatic heterocycles. The number of rotatable bonds is 3. The van der Waals surface area contributed by atoms with Crippen molar-refractivity contribution in [2.45, 2.75) is 59.8 Å². The second kappa shape index (κ2) is 4.91. The minimum atomic E-state index is 0.374. The van der Waals surface area contributed by atoms with Gasteiger partial charge in [0.05, 0.1) is 0 Å². The van der Waals surface area contributed by atoms with Crippen molar-refractivity contribution in [1.29, 1.82) is 0 Å². The van der Waals surface area contributed by atoms with Crippen LogP contribution in [-0.2, 0) is 0 Å². The molecule has 1 unspecified atom stereocenters. The van der Waals surface area contributed by atoms with Crippen LogP contribution in [0.25, 0.3) is 0 Å². The van der Waals surface area contributed by atoms with Gasteiger partial charge in [-0.3, -0.25) is 0 Å². The molecular weight excluding hydrogens is 208 g/mol. The number of fused-ring (bicyclic) bond motifs is 1. The molecule has 1 nitrogen and oxygen atoms in total. The summed E-state index contributed by atoms with van der Waals surface area (Å²) in [5, 5.41) is 9.47. The van der Waals surface area contributed by atoms with Crippen molar-refractivity contribution in [2.75, 3.05) is 6.61 Å². The summed E-state index contributed by atoms with van der Waals surface area (Å²) in [4.78, 5) is 0. The summed E-state index contributed by atoms with van der Waals surface area (Å²) in [5.41, 5.74) is 0.523. The maximum absolute atomic E-state index is 9.47. The maximum atomic E-state index is 9.47. The standard InChI is InChI=1S/C16H30O/c1-11(2)13-6-5-9-16(4)14(12(3)10-17)7-8-15(13)16/h11-15,17H,5-10H2,1-4H3/t12-,13?,14-,15+,16-/m1/s1. The molecule has 100 valence electrons. The minimum absolute atomic E-state index is 0.374. The first-order valence-corrected chi connectivity index (χ1v) is 7.61. The molecule has 0 saturated heterocycles. The molecule has 5 atom stereocenters. The molecule has 0 heterocycles. The van der Waals surface area contributed by atoms with E-state index in [4.69, 9.17) is 0 Å². The lowest BCUT2D eigenvalue weighted by Crippen LogP contribution is -2.41. The molecule has 2 rings (SSSR count). The Morgan fingerprint density at radius 2 is 1.88 bits per heavy atom. The van der Waals surface area contributed by atoms with E-state index in [1.165, 1.54) is 32.1 Å². The number of hydrogen-bond acceptors (Lipinski definition) is 1. The minimum Gasteiger partial charge on any atom is -0.396 e. The van der Waals surface area contributed by atoms with Gasteiger partial charge in [-0.2, -0.15) is 0 Å². The Hall–Kier alpha value is -0.0400. The summed E-state index contributed by atoms with van der Waals surface area (Å²) in [6.45, 7) is 9.95. The quantitative estimate of drug-likeness (QED) is 0.784. The largest absolute Gasteiger partial charge is 0.396 e. The van der Waals surface area contributed by atoms with Gasteiger partial charge in [-0.1, -0.05) is 34.1 Å². The lowest BCUT2D eigenvalue weighted by molar-refractivity contribution is 0.00350. The van der Waals surface area contributed by atoms with E-state index >= 15 is 0 Å². The van der Waals surface area contributed by atoms with Crippen molar-refractivity contribution in [1.82, 2.24) is 0 Å². The zero-order valence-corrected chi connectivity index (χ0v) is 12.1. The fourth-order valence-electron chi connectivity index (χ4n) is 5.15. The third-order valence-corrected chi connectivity index (χ3v) is 6.08. The summed E-state index contributed by atoms with van der Waals surface area (Å²) >= 11 is 0. The molecule has 0 bridgehead atoms. The van der Waals surface area contributed by atoms with Crippen LogP contribution in [0.3, 0.4) is 0 Å². The van der Waals surface area contributed by atoms with E-state index in [9.17, 15) is 5.11 Å². The molecule has 0 amide bonds. The lowest BCUT2D eigenvalue weighted by atomic mass is 9.57. The van der Waals surface area contributed by atoms with Crippen LogP contribution < -0.4 is 0 Å². The van der Waals surface area contributed by atoms with Gasteiger partial charge in [-0.05, 0) is 60.7 Å². The van der Waals surface area contributed by atoms with E-state index in [0.717, 1.165) is 23.7 Å². The monoisotopic (exact) mass is 238 g/mol. The van der Waals surface area contributed by atoms with Gasteiger partial charge in [0.25, 0.3) is 0 Å². The SMILES string of the molecule is CC(C)C1CCC[C@]2(C)[C@@H]([C@H](C)CO)CC[C@@H]12. The molecule has 1 heteroatoms. The first kappa shape index (κ1) is 13.4. The Morgan fingerprint density at radius 3 is 2.47 bits per heavy atom. The van der Waals surface area contributed by atoms with Crippen LogP contribution in [0.1, 0.15) is 59.8 Å². The fourth-order valence-corrected chi connectivity index (χ4v) is 5.15. The molecule has 0 aromatic carbocycles. The highest BCUT2D eigenvalue weighted by Crippen LogP contribution is 2.60. The summed E-state index contributed by atoms with van der Waals surface area (Å²) in [5.74, 6) is 3.96. The average molecular weight is 238 g/mol. The molecule has 17 heavy (non-hydrogen) atoms. The zero-order valence-electron chi connectivity index (χ0n) is 12.1. The summed E-state index contributed by atoms with van der Waals surface area (Å²) in [6.07, 6.45) is 7.01. The Kier molecular flexibility index (Phi) is 3.87. The number of aliphatic hydroxyl groups excluding tert-OH is 1. The summed E-state index contributed by atoms with van der Waals surface area (Å²) < 4.78 is 0. The normalized spacial score (nSPS) is 43.8. The maximum Gasteiger partial charge on any atom is 0.0459 e. The van der Waals surface area contributed by atoms with Crippen LogP contribution in [0, 0.1) is 35.0 Å². The highest BCUT2D eigenvalue weighted by Gasteiger charge is 2.52. The first-order chi connectivity index (χ1) is 8.00. The van der Waals surface area contributed by atoms with Crippen LogP contribution >= 0.6 is 0 Å². The Bertz CT molecular complexity index is 260. The van der Waals surface area contributed by atoms with Crippen molar-refractivity contribution < 1.29 is 5.11 Å². The van der Waals surface area contributed by atoms with Gasteiger partial charge in [0.15, 0.2) is 0 Å². The first-order valence-electron chi connectivity index (χ1n) is 7.61. The van der Waals surface area contributed by atoms with Gasteiger partial charge < -0.3 is 5.11 Å². The second-order valence-corrected chi connectivity index (χ2v) is 7.26. The molecule has 0 spiro atoms. The predicted molar refractivity (Wildman–Crippen MR) is 72.7 cm³/mol. The number of aliphatic hydroxyl groups is 1. The van der Waals surface area contributed by atoms with Crippen molar-refractivity contribution >= 4 is 0 Å². The molecule has 0 radical (unpaired) electrons. The molecule has 0 aliphatic heterocycles.